The van der Waals surface area contributed by atoms with Gasteiger partial charge in [-0.3, -0.25) is 15.4 Å². The van der Waals surface area contributed by atoms with Gasteiger partial charge in [-0.25, -0.2) is 0 Å². The first kappa shape index (κ1) is 21.8. The number of para-hydroxylation sites is 3. The summed E-state index contributed by atoms with van der Waals surface area (Å²) in [7, 11) is 0. The predicted molar refractivity (Wildman–Crippen MR) is 136 cm³/mol. The Labute approximate surface area is 194 Å². The van der Waals surface area contributed by atoms with Crippen molar-refractivity contribution in [1.29, 1.82) is 0 Å². The van der Waals surface area contributed by atoms with Gasteiger partial charge in [-0.2, -0.15) is 0 Å². The number of rotatable bonds is 5. The molecule has 1 heterocycles. The van der Waals surface area contributed by atoms with E-state index >= 15 is 0 Å². The van der Waals surface area contributed by atoms with Crippen LogP contribution in [-0.4, -0.2) is 6.54 Å². The topological polar surface area (TPSA) is 55.3 Å². The Morgan fingerprint density at radius 3 is 1.82 bits per heavy atom. The lowest BCUT2D eigenvalue weighted by Gasteiger charge is -2.34. The lowest BCUT2D eigenvalue weighted by Crippen LogP contribution is -2.50. The third-order valence-electron chi connectivity index (χ3n) is 4.75. The molecule has 4 aromatic rings. The standard InChI is InChI=1S/C15H15N3.C12H11N3/c1-3-8-14(9-4-1)17-12-7-13-18(16-17)15-10-5-2-6-11-15;1-3-7-11(8-4-1)13-15-14-12-9-5-2-6-10-12/h1-12,16H,13H2;1-10H,(H,13,14). The first-order chi connectivity index (χ1) is 16.4. The second-order valence-electron chi connectivity index (χ2n) is 7.15. The molecule has 6 nitrogen and oxygen atoms in total. The molecule has 0 bridgehead atoms. The van der Waals surface area contributed by atoms with Crippen molar-refractivity contribution in [3.8, 4) is 0 Å². The Morgan fingerprint density at radius 2 is 1.18 bits per heavy atom. The first-order valence-corrected chi connectivity index (χ1v) is 10.8. The molecule has 0 spiro atoms. The highest BCUT2D eigenvalue weighted by Crippen LogP contribution is 2.18. The molecule has 0 saturated carbocycles. The fraction of sp³-hybridized carbons (Fsp3) is 0.0370. The van der Waals surface area contributed by atoms with Crippen LogP contribution in [0.25, 0.3) is 0 Å². The summed E-state index contributed by atoms with van der Waals surface area (Å²) >= 11 is 0. The van der Waals surface area contributed by atoms with Crippen molar-refractivity contribution in [3.63, 3.8) is 0 Å². The van der Waals surface area contributed by atoms with Crippen LogP contribution in [0.2, 0.25) is 0 Å². The van der Waals surface area contributed by atoms with Crippen LogP contribution in [0.1, 0.15) is 0 Å². The second-order valence-corrected chi connectivity index (χ2v) is 7.15. The van der Waals surface area contributed by atoms with E-state index in [-0.39, 0.29) is 0 Å². The third kappa shape index (κ3) is 6.78. The lowest BCUT2D eigenvalue weighted by atomic mass is 10.3. The summed E-state index contributed by atoms with van der Waals surface area (Å²) in [5.41, 5.74) is 10.3. The number of benzene rings is 4. The van der Waals surface area contributed by atoms with Crippen LogP contribution < -0.4 is 21.0 Å². The van der Waals surface area contributed by atoms with Crippen LogP contribution in [0, 0.1) is 0 Å². The van der Waals surface area contributed by atoms with Gasteiger partial charge >= 0.3 is 0 Å². The van der Waals surface area contributed by atoms with E-state index in [1.165, 1.54) is 0 Å². The highest BCUT2D eigenvalue weighted by atomic mass is 15.8. The van der Waals surface area contributed by atoms with Gasteiger partial charge in [0.15, 0.2) is 0 Å². The van der Waals surface area contributed by atoms with Crippen molar-refractivity contribution in [2.45, 2.75) is 0 Å². The minimum atomic E-state index is 0.834. The van der Waals surface area contributed by atoms with E-state index in [0.29, 0.717) is 0 Å². The van der Waals surface area contributed by atoms with Crippen LogP contribution in [0.4, 0.5) is 22.7 Å². The van der Waals surface area contributed by atoms with Gasteiger partial charge in [0.25, 0.3) is 0 Å². The molecule has 0 saturated heterocycles. The maximum atomic E-state index is 4.02. The zero-order valence-corrected chi connectivity index (χ0v) is 18.2. The fourth-order valence-electron chi connectivity index (χ4n) is 3.11. The van der Waals surface area contributed by atoms with Crippen LogP contribution in [0.5, 0.6) is 0 Å². The minimum Gasteiger partial charge on any atom is -0.287 e. The van der Waals surface area contributed by atoms with E-state index in [1.54, 1.807) is 0 Å². The molecule has 4 aromatic carbocycles. The lowest BCUT2D eigenvalue weighted by molar-refractivity contribution is 0.638. The van der Waals surface area contributed by atoms with Crippen molar-refractivity contribution in [2.24, 2.45) is 10.3 Å². The van der Waals surface area contributed by atoms with E-state index in [1.807, 2.05) is 102 Å². The summed E-state index contributed by atoms with van der Waals surface area (Å²) in [5, 5.41) is 12.0. The Hall–Kier alpha value is -4.42. The van der Waals surface area contributed by atoms with Crippen molar-refractivity contribution in [1.82, 2.24) is 5.53 Å². The summed E-state index contributed by atoms with van der Waals surface area (Å²) in [4.78, 5) is 0. The van der Waals surface area contributed by atoms with Gasteiger partial charge in [0.2, 0.25) is 0 Å². The number of hydrogen-bond acceptors (Lipinski definition) is 5. The van der Waals surface area contributed by atoms with E-state index < -0.39 is 0 Å². The normalized spacial score (nSPS) is 12.8. The monoisotopic (exact) mass is 434 g/mol. The smallest absolute Gasteiger partial charge is 0.0874 e. The molecule has 0 aliphatic carbocycles. The van der Waals surface area contributed by atoms with E-state index in [4.69, 9.17) is 0 Å². The highest BCUT2D eigenvalue weighted by Gasteiger charge is 2.12. The molecule has 1 aliphatic heterocycles. The molecule has 33 heavy (non-hydrogen) atoms. The first-order valence-electron chi connectivity index (χ1n) is 10.8. The summed E-state index contributed by atoms with van der Waals surface area (Å²) in [6, 6.07) is 39.9. The molecule has 0 fully saturated rings. The Balaban J connectivity index is 0.000000160. The third-order valence-corrected chi connectivity index (χ3v) is 4.75. The SMILES string of the molecule is C1=CN(c2ccccc2)NN(c2ccccc2)C1.c1ccc(N=NNc2ccccc2)cc1. The number of nitrogens with one attached hydrogen (secondary N) is 2. The molecule has 6 heteroatoms. The average Bonchev–Trinajstić information content (AvgIpc) is 2.91. The highest BCUT2D eigenvalue weighted by molar-refractivity contribution is 5.53. The van der Waals surface area contributed by atoms with Crippen LogP contribution in [0.3, 0.4) is 0 Å². The van der Waals surface area contributed by atoms with E-state index in [2.05, 4.69) is 62.8 Å². The molecule has 2 N–H and O–H groups in total. The summed E-state index contributed by atoms with van der Waals surface area (Å²) in [6.07, 6.45) is 4.19. The van der Waals surface area contributed by atoms with Gasteiger partial charge in [0.05, 0.1) is 29.3 Å². The van der Waals surface area contributed by atoms with Crippen molar-refractivity contribution in [2.75, 3.05) is 22.0 Å². The molecule has 5 rings (SSSR count). The maximum absolute atomic E-state index is 4.02. The number of nitrogens with zero attached hydrogens (tertiary/aromatic N) is 4. The maximum Gasteiger partial charge on any atom is 0.0874 e. The largest absolute Gasteiger partial charge is 0.287 e. The Bertz CT molecular complexity index is 1130. The molecule has 0 unspecified atom stereocenters. The molecule has 164 valence electrons. The second kappa shape index (κ2) is 11.8. The Kier molecular flexibility index (Phi) is 7.82. The van der Waals surface area contributed by atoms with Gasteiger partial charge in [0.1, 0.15) is 0 Å². The van der Waals surface area contributed by atoms with E-state index in [9.17, 15) is 0 Å². The number of anilines is 3. The van der Waals surface area contributed by atoms with Gasteiger partial charge < -0.3 is 0 Å². The quantitative estimate of drug-likeness (QED) is 0.270. The van der Waals surface area contributed by atoms with Gasteiger partial charge in [-0.1, -0.05) is 78.0 Å². The van der Waals surface area contributed by atoms with Crippen molar-refractivity contribution < 1.29 is 0 Å². The predicted octanol–water partition coefficient (Wildman–Crippen LogP) is 6.74. The van der Waals surface area contributed by atoms with Gasteiger partial charge in [-0.15, -0.1) is 10.6 Å². The molecule has 0 atom stereocenters. The average molecular weight is 435 g/mol. The zero-order chi connectivity index (χ0) is 22.6. The van der Waals surface area contributed by atoms with Crippen molar-refractivity contribution >= 4 is 22.7 Å². The number of hydrogen-bond donors (Lipinski definition) is 2. The Morgan fingerprint density at radius 1 is 0.636 bits per heavy atom. The number of hydrazine groups is 2. The van der Waals surface area contributed by atoms with Crippen LogP contribution in [0.15, 0.2) is 144 Å². The van der Waals surface area contributed by atoms with Crippen LogP contribution >= 0.6 is 0 Å². The molecular weight excluding hydrogens is 408 g/mol. The molecular formula is C27H26N6. The van der Waals surface area contributed by atoms with Gasteiger partial charge in [-0.05, 0) is 54.6 Å². The molecule has 1 aliphatic rings. The summed E-state index contributed by atoms with van der Waals surface area (Å²) in [6.45, 7) is 0.855. The van der Waals surface area contributed by atoms with Gasteiger partial charge in [0, 0.05) is 6.20 Å². The molecule has 0 aromatic heterocycles. The van der Waals surface area contributed by atoms with Crippen LogP contribution in [-0.2, 0) is 0 Å². The molecule has 0 amide bonds. The zero-order valence-electron chi connectivity index (χ0n) is 18.2. The summed E-state index contributed by atoms with van der Waals surface area (Å²) < 4.78 is 0. The fourth-order valence-corrected chi connectivity index (χ4v) is 3.11. The molecule has 0 radical (unpaired) electrons. The van der Waals surface area contributed by atoms with E-state index in [0.717, 1.165) is 29.3 Å². The van der Waals surface area contributed by atoms with Crippen molar-refractivity contribution in [3.05, 3.63) is 134 Å². The minimum absolute atomic E-state index is 0.834. The summed E-state index contributed by atoms with van der Waals surface area (Å²) in [5.74, 6) is 0.